The van der Waals surface area contributed by atoms with Crippen molar-refractivity contribution in [3.8, 4) is 0 Å². The molecule has 0 saturated carbocycles. The van der Waals surface area contributed by atoms with Gasteiger partial charge in [-0.3, -0.25) is 4.31 Å². The monoisotopic (exact) mass is 362 g/mol. The zero-order valence-corrected chi connectivity index (χ0v) is 17.6. The predicted molar refractivity (Wildman–Crippen MR) is 93.3 cm³/mol. The van der Waals surface area contributed by atoms with Gasteiger partial charge < -0.3 is 9.87 Å². The van der Waals surface area contributed by atoms with Crippen molar-refractivity contribution in [2.24, 2.45) is 0 Å². The third-order valence-electron chi connectivity index (χ3n) is 4.32. The van der Waals surface area contributed by atoms with Crippen LogP contribution in [-0.2, 0) is 10.3 Å². The minimum Gasteiger partial charge on any atom is -0.731 e. The molecule has 5 nitrogen and oxygen atoms in total. The fourth-order valence-corrected chi connectivity index (χ4v) is 4.00. The summed E-state index contributed by atoms with van der Waals surface area (Å²) in [6, 6.07) is 7.06. The Kier molecular flexibility index (Phi) is 9.67. The molecule has 130 valence electrons. The maximum atomic E-state index is 11.6. The summed E-state index contributed by atoms with van der Waals surface area (Å²) in [6.07, 6.45) is 9.77. The van der Waals surface area contributed by atoms with Gasteiger partial charge in [0.2, 0.25) is 0 Å². The van der Waals surface area contributed by atoms with Gasteiger partial charge in [0, 0.05) is 0 Å². The second-order valence-corrected chi connectivity index (χ2v) is 7.44. The fourth-order valence-electron chi connectivity index (χ4n) is 3.13. The van der Waals surface area contributed by atoms with Crippen molar-refractivity contribution < 1.29 is 42.5 Å². The van der Waals surface area contributed by atoms with E-state index in [1.807, 2.05) is 6.07 Å². The van der Waals surface area contributed by atoms with Crippen LogP contribution in [0.3, 0.4) is 0 Å². The smallest absolute Gasteiger partial charge is 0.731 e. The number of fused-ring (bicyclic) bond motifs is 1. The van der Waals surface area contributed by atoms with Gasteiger partial charge in [0.15, 0.2) is 10.3 Å². The molecule has 1 aliphatic heterocycles. The first-order valence-corrected chi connectivity index (χ1v) is 10.0. The summed E-state index contributed by atoms with van der Waals surface area (Å²) < 4.78 is 35.7. The molecular formula is C17H27N2NaO3S. The molecule has 1 heterocycles. The Morgan fingerprint density at radius 2 is 1.62 bits per heavy atom. The molecule has 1 aliphatic rings. The van der Waals surface area contributed by atoms with Gasteiger partial charge in [-0.15, -0.1) is 0 Å². The van der Waals surface area contributed by atoms with Gasteiger partial charge in [0.05, 0.1) is 11.4 Å². The van der Waals surface area contributed by atoms with Crippen LogP contribution in [0, 0.1) is 0 Å². The van der Waals surface area contributed by atoms with Gasteiger partial charge in [0.1, 0.15) is 6.17 Å². The van der Waals surface area contributed by atoms with Crippen LogP contribution in [0.15, 0.2) is 24.3 Å². The van der Waals surface area contributed by atoms with Crippen LogP contribution in [0.25, 0.3) is 0 Å². The van der Waals surface area contributed by atoms with Crippen molar-refractivity contribution in [3.05, 3.63) is 24.3 Å². The number of nitrogens with zero attached hydrogens (tertiary/aromatic N) is 1. The zero-order chi connectivity index (χ0) is 16.7. The van der Waals surface area contributed by atoms with E-state index < -0.39 is 16.5 Å². The number of hydrogen-bond acceptors (Lipinski definition) is 4. The third kappa shape index (κ3) is 6.23. The molecule has 1 aromatic carbocycles. The average Bonchev–Trinajstić information content (AvgIpc) is 2.88. The molecule has 7 heteroatoms. The van der Waals surface area contributed by atoms with Gasteiger partial charge in [-0.25, -0.2) is 8.42 Å². The molecule has 0 radical (unpaired) electrons. The van der Waals surface area contributed by atoms with Crippen molar-refractivity contribution >= 4 is 21.7 Å². The number of benzene rings is 1. The first-order valence-electron chi connectivity index (χ1n) is 8.65. The van der Waals surface area contributed by atoms with Crippen LogP contribution < -0.4 is 39.2 Å². The minimum atomic E-state index is -4.50. The quantitative estimate of drug-likeness (QED) is 0.386. The van der Waals surface area contributed by atoms with Crippen LogP contribution in [0.4, 0.5) is 11.4 Å². The number of nitrogens with one attached hydrogen (secondary N) is 1. The number of rotatable bonds is 10. The maximum absolute atomic E-state index is 11.6. The zero-order valence-electron chi connectivity index (χ0n) is 14.8. The first-order chi connectivity index (χ1) is 11.0. The van der Waals surface area contributed by atoms with E-state index in [9.17, 15) is 13.0 Å². The summed E-state index contributed by atoms with van der Waals surface area (Å²) in [4.78, 5) is 0. The summed E-state index contributed by atoms with van der Waals surface area (Å²) >= 11 is 0. The van der Waals surface area contributed by atoms with E-state index in [4.69, 9.17) is 0 Å². The van der Waals surface area contributed by atoms with Gasteiger partial charge in [-0.05, 0) is 25.0 Å². The van der Waals surface area contributed by atoms with E-state index in [0.717, 1.165) is 22.8 Å². The van der Waals surface area contributed by atoms with Crippen molar-refractivity contribution in [3.63, 3.8) is 0 Å². The molecule has 1 aromatic rings. The number of para-hydroxylation sites is 2. The predicted octanol–water partition coefficient (Wildman–Crippen LogP) is 1.24. The number of anilines is 2. The van der Waals surface area contributed by atoms with E-state index in [1.54, 1.807) is 18.2 Å². The minimum absolute atomic E-state index is 0. The van der Waals surface area contributed by atoms with Crippen molar-refractivity contribution in [2.45, 2.75) is 70.9 Å². The van der Waals surface area contributed by atoms with Gasteiger partial charge >= 0.3 is 29.6 Å². The Morgan fingerprint density at radius 1 is 1.04 bits per heavy atom. The summed E-state index contributed by atoms with van der Waals surface area (Å²) in [7, 11) is -4.50. The van der Waals surface area contributed by atoms with E-state index in [0.29, 0.717) is 12.1 Å². The van der Waals surface area contributed by atoms with Gasteiger partial charge in [0.25, 0.3) is 0 Å². The summed E-state index contributed by atoms with van der Waals surface area (Å²) in [6.45, 7) is 2.21. The largest absolute Gasteiger partial charge is 1.00 e. The summed E-state index contributed by atoms with van der Waals surface area (Å²) in [5, 5.41) is 3.16. The van der Waals surface area contributed by atoms with E-state index in [-0.39, 0.29) is 29.6 Å². The molecule has 0 aliphatic carbocycles. The van der Waals surface area contributed by atoms with Gasteiger partial charge in [-0.1, -0.05) is 64.0 Å². The maximum Gasteiger partial charge on any atom is 1.00 e. The normalized spacial score (nSPS) is 16.4. The molecule has 0 spiro atoms. The van der Waals surface area contributed by atoms with Crippen molar-refractivity contribution in [1.29, 1.82) is 0 Å². The number of unbranched alkanes of at least 4 members (excludes halogenated alkanes) is 7. The first kappa shape index (κ1) is 21.8. The van der Waals surface area contributed by atoms with Crippen molar-refractivity contribution in [1.82, 2.24) is 0 Å². The van der Waals surface area contributed by atoms with E-state index >= 15 is 0 Å². The standard InChI is InChI=1S/C17H28N2O3S.Na/c1-2-3-4-5-6-7-8-9-14-17-18-15-12-10-11-13-16(15)19(17)23(20,21)22;/h10-13,17-18H,2-9,14H2,1H3,(H,20,21,22);/q;+1/p-1. The number of hydrogen-bond donors (Lipinski definition) is 1. The molecule has 0 amide bonds. The second-order valence-electron chi connectivity index (χ2n) is 6.19. The molecule has 1 atom stereocenters. The van der Waals surface area contributed by atoms with Crippen LogP contribution in [0.1, 0.15) is 64.7 Å². The van der Waals surface area contributed by atoms with Crippen LogP contribution in [-0.4, -0.2) is 19.1 Å². The Morgan fingerprint density at radius 3 is 2.25 bits per heavy atom. The molecule has 0 bridgehead atoms. The second kappa shape index (κ2) is 10.7. The summed E-state index contributed by atoms with van der Waals surface area (Å²) in [5.41, 5.74) is 1.18. The Labute approximate surface area is 168 Å². The van der Waals surface area contributed by atoms with E-state index in [2.05, 4.69) is 12.2 Å². The topological polar surface area (TPSA) is 72.5 Å². The van der Waals surface area contributed by atoms with Crippen LogP contribution >= 0.6 is 0 Å². The van der Waals surface area contributed by atoms with Crippen molar-refractivity contribution in [2.75, 3.05) is 9.62 Å². The molecule has 0 fully saturated rings. The molecule has 24 heavy (non-hydrogen) atoms. The molecule has 0 aromatic heterocycles. The van der Waals surface area contributed by atoms with Gasteiger partial charge in [-0.2, -0.15) is 0 Å². The molecule has 1 unspecified atom stereocenters. The van der Waals surface area contributed by atoms with E-state index in [1.165, 1.54) is 38.5 Å². The Hall–Kier alpha value is -0.270. The Balaban J connectivity index is 0.00000288. The molecule has 2 rings (SSSR count). The molecular weight excluding hydrogens is 335 g/mol. The van der Waals surface area contributed by atoms with Crippen LogP contribution in [0.2, 0.25) is 0 Å². The molecule has 0 saturated heterocycles. The van der Waals surface area contributed by atoms with Crippen LogP contribution in [0.5, 0.6) is 0 Å². The fraction of sp³-hybridized carbons (Fsp3) is 0.647. The SMILES string of the molecule is CCCCCCCCCCC1Nc2ccccc2N1S(=O)(=O)[O-].[Na+]. The Bertz CT molecular complexity index is 595. The average molecular weight is 362 g/mol. The summed E-state index contributed by atoms with van der Waals surface area (Å²) in [5.74, 6) is 0. The molecule has 1 N–H and O–H groups in total. The third-order valence-corrected chi connectivity index (χ3v) is 5.25.